The summed E-state index contributed by atoms with van der Waals surface area (Å²) < 4.78 is 67.0. The fraction of sp³-hybridized carbons (Fsp3) is 0.259. The van der Waals surface area contributed by atoms with Crippen molar-refractivity contribution in [2.45, 2.75) is 30.0 Å². The van der Waals surface area contributed by atoms with E-state index in [1.165, 1.54) is 41.9 Å². The van der Waals surface area contributed by atoms with Crippen LogP contribution in [0.1, 0.15) is 28.8 Å². The van der Waals surface area contributed by atoms with Crippen LogP contribution >= 0.6 is 0 Å². The summed E-state index contributed by atoms with van der Waals surface area (Å²) >= 11 is 0. The van der Waals surface area contributed by atoms with Gasteiger partial charge in [-0.2, -0.15) is 17.9 Å². The number of hydroxylamine groups is 1. The lowest BCUT2D eigenvalue weighted by molar-refractivity contribution is -0.137. The number of carbonyl (C=O) groups excluding carboxylic acids is 2. The number of piperidine rings is 1. The highest BCUT2D eigenvalue weighted by atomic mass is 32.2. The largest absolute Gasteiger partial charge is 0.416 e. The third-order valence-corrected chi connectivity index (χ3v) is 8.16. The minimum atomic E-state index is -4.46. The van der Waals surface area contributed by atoms with Crippen LogP contribution in [0.3, 0.4) is 0 Å². The van der Waals surface area contributed by atoms with Gasteiger partial charge in [-0.25, -0.2) is 13.9 Å². The van der Waals surface area contributed by atoms with Gasteiger partial charge in [-0.1, -0.05) is 42.5 Å². The molecule has 0 unspecified atom stereocenters. The van der Waals surface area contributed by atoms with E-state index in [1.54, 1.807) is 35.2 Å². The molecular weight excluding hydrogens is 535 g/mol. The van der Waals surface area contributed by atoms with Crippen molar-refractivity contribution in [2.75, 3.05) is 13.1 Å². The number of sulfonamides is 1. The zero-order chi connectivity index (χ0) is 28.2. The van der Waals surface area contributed by atoms with Crippen molar-refractivity contribution < 1.29 is 36.4 Å². The molecule has 1 aliphatic heterocycles. The Morgan fingerprint density at radius 1 is 0.872 bits per heavy atom. The zero-order valence-corrected chi connectivity index (χ0v) is 21.4. The first-order valence-electron chi connectivity index (χ1n) is 12.1. The van der Waals surface area contributed by atoms with E-state index in [0.717, 1.165) is 12.1 Å². The van der Waals surface area contributed by atoms with Crippen LogP contribution in [0.4, 0.5) is 13.2 Å². The molecule has 3 aromatic carbocycles. The molecule has 0 saturated carbocycles. The predicted octanol–water partition coefficient (Wildman–Crippen LogP) is 4.08. The summed E-state index contributed by atoms with van der Waals surface area (Å²) in [6.45, 7) is 0.605. The number of hydrogen-bond donors (Lipinski definition) is 3. The van der Waals surface area contributed by atoms with E-state index in [9.17, 15) is 36.4 Å². The van der Waals surface area contributed by atoms with E-state index >= 15 is 0 Å². The van der Waals surface area contributed by atoms with Gasteiger partial charge in [-0.3, -0.25) is 14.8 Å². The third kappa shape index (κ3) is 6.64. The molecule has 39 heavy (non-hydrogen) atoms. The molecule has 0 aromatic heterocycles. The van der Waals surface area contributed by atoms with Gasteiger partial charge in [-0.15, -0.1) is 0 Å². The van der Waals surface area contributed by atoms with Crippen LogP contribution in [0, 0.1) is 5.92 Å². The van der Waals surface area contributed by atoms with Gasteiger partial charge in [0.25, 0.3) is 11.8 Å². The Labute approximate surface area is 223 Å². The molecule has 0 radical (unpaired) electrons. The van der Waals surface area contributed by atoms with Gasteiger partial charge in [0, 0.05) is 18.7 Å². The quantitative estimate of drug-likeness (QED) is 0.297. The normalized spacial score (nSPS) is 15.5. The Bertz CT molecular complexity index is 1410. The third-order valence-electron chi connectivity index (χ3n) is 6.70. The molecule has 1 heterocycles. The summed E-state index contributed by atoms with van der Waals surface area (Å²) in [5, 5.41) is 9.26. The SMILES string of the molecule is O=C(NO)[C@H](NS(=O)(=O)c1ccc(-c2ccc(C(F)(F)F)cc2)cc1)C1CCN(C(=O)c2ccccc2)CC1. The maximum atomic E-state index is 13.1. The van der Waals surface area contributed by atoms with E-state index in [-0.39, 0.29) is 10.8 Å². The molecule has 0 spiro atoms. The van der Waals surface area contributed by atoms with Gasteiger partial charge >= 0.3 is 6.18 Å². The molecule has 4 rings (SSSR count). The lowest BCUT2D eigenvalue weighted by atomic mass is 9.89. The highest BCUT2D eigenvalue weighted by Gasteiger charge is 2.36. The molecular formula is C27H26F3N3O5S. The molecule has 1 fully saturated rings. The van der Waals surface area contributed by atoms with Crippen molar-refractivity contribution in [1.29, 1.82) is 0 Å². The fourth-order valence-electron chi connectivity index (χ4n) is 4.55. The Hall–Kier alpha value is -3.74. The van der Waals surface area contributed by atoms with Crippen molar-refractivity contribution in [3.8, 4) is 11.1 Å². The van der Waals surface area contributed by atoms with Crippen LogP contribution in [0.5, 0.6) is 0 Å². The molecule has 1 saturated heterocycles. The van der Waals surface area contributed by atoms with Gasteiger partial charge in [0.05, 0.1) is 10.5 Å². The maximum Gasteiger partial charge on any atom is 0.416 e. The number of benzene rings is 3. The van der Waals surface area contributed by atoms with Crippen molar-refractivity contribution in [1.82, 2.24) is 15.1 Å². The van der Waals surface area contributed by atoms with Crippen molar-refractivity contribution in [3.63, 3.8) is 0 Å². The Kier molecular flexibility index (Phi) is 8.38. The van der Waals surface area contributed by atoms with Gasteiger partial charge in [0.1, 0.15) is 6.04 Å². The van der Waals surface area contributed by atoms with Gasteiger partial charge in [0.15, 0.2) is 0 Å². The van der Waals surface area contributed by atoms with Gasteiger partial charge in [-0.05, 0) is 66.3 Å². The van der Waals surface area contributed by atoms with Gasteiger partial charge < -0.3 is 4.90 Å². The van der Waals surface area contributed by atoms with Crippen LogP contribution in [-0.2, 0) is 21.0 Å². The fourth-order valence-corrected chi connectivity index (χ4v) is 5.81. The molecule has 0 bridgehead atoms. The van der Waals surface area contributed by atoms with E-state index < -0.39 is 39.6 Å². The average molecular weight is 562 g/mol. The van der Waals surface area contributed by atoms with Crippen LogP contribution in [0.15, 0.2) is 83.8 Å². The molecule has 1 aliphatic rings. The van der Waals surface area contributed by atoms with Crippen LogP contribution in [-0.4, -0.2) is 49.5 Å². The number of hydrogen-bond acceptors (Lipinski definition) is 5. The second kappa shape index (κ2) is 11.6. The lowest BCUT2D eigenvalue weighted by Gasteiger charge is -2.35. The minimum absolute atomic E-state index is 0.161. The highest BCUT2D eigenvalue weighted by Crippen LogP contribution is 2.31. The summed E-state index contributed by atoms with van der Waals surface area (Å²) in [5.74, 6) is -1.57. The number of nitrogens with zero attached hydrogens (tertiary/aromatic N) is 1. The Morgan fingerprint density at radius 3 is 1.92 bits per heavy atom. The van der Waals surface area contributed by atoms with Gasteiger partial charge in [0.2, 0.25) is 10.0 Å². The number of alkyl halides is 3. The molecule has 8 nitrogen and oxygen atoms in total. The molecule has 0 aliphatic carbocycles. The zero-order valence-electron chi connectivity index (χ0n) is 20.6. The molecule has 3 aromatic rings. The standard InChI is InChI=1S/C27H26F3N3O5S/c28-27(29,30)22-10-6-18(7-11-22)19-8-12-23(13-9-19)39(37,38)32-24(25(34)31-36)20-14-16-33(17-15-20)26(35)21-4-2-1-3-5-21/h1-13,20,24,32,36H,14-17H2,(H,31,34)/t24-/m1/s1. The Morgan fingerprint density at radius 2 is 1.41 bits per heavy atom. The summed E-state index contributed by atoms with van der Waals surface area (Å²) in [6, 6.07) is 17.4. The number of halogens is 3. The molecule has 2 amide bonds. The second-order valence-electron chi connectivity index (χ2n) is 9.17. The molecule has 206 valence electrons. The smallest absolute Gasteiger partial charge is 0.339 e. The average Bonchev–Trinajstić information content (AvgIpc) is 2.95. The topological polar surface area (TPSA) is 116 Å². The number of nitrogens with one attached hydrogen (secondary N) is 2. The van der Waals surface area contributed by atoms with Crippen molar-refractivity contribution in [3.05, 3.63) is 90.0 Å². The number of carbonyl (C=O) groups is 2. The van der Waals surface area contributed by atoms with E-state index in [1.807, 2.05) is 0 Å². The number of rotatable bonds is 7. The lowest BCUT2D eigenvalue weighted by Crippen LogP contribution is -2.53. The second-order valence-corrected chi connectivity index (χ2v) is 10.9. The molecule has 12 heteroatoms. The highest BCUT2D eigenvalue weighted by molar-refractivity contribution is 7.89. The first-order chi connectivity index (χ1) is 18.5. The first kappa shape index (κ1) is 28.3. The number of likely N-dealkylation sites (tertiary alicyclic amines) is 1. The van der Waals surface area contributed by atoms with Crippen molar-refractivity contribution in [2.24, 2.45) is 5.92 Å². The minimum Gasteiger partial charge on any atom is -0.339 e. The predicted molar refractivity (Wildman–Crippen MR) is 136 cm³/mol. The summed E-state index contributed by atoms with van der Waals surface area (Å²) in [4.78, 5) is 26.6. The summed E-state index contributed by atoms with van der Waals surface area (Å²) in [7, 11) is -4.21. The van der Waals surface area contributed by atoms with E-state index in [4.69, 9.17) is 0 Å². The first-order valence-corrected chi connectivity index (χ1v) is 13.6. The monoisotopic (exact) mass is 561 g/mol. The number of amides is 2. The van der Waals surface area contributed by atoms with E-state index in [0.29, 0.717) is 42.6 Å². The molecule has 3 N–H and O–H groups in total. The Balaban J connectivity index is 1.45. The van der Waals surface area contributed by atoms with Crippen LogP contribution < -0.4 is 10.2 Å². The summed E-state index contributed by atoms with van der Waals surface area (Å²) in [6.07, 6.45) is -3.81. The maximum absolute atomic E-state index is 13.1. The van der Waals surface area contributed by atoms with Crippen LogP contribution in [0.25, 0.3) is 11.1 Å². The van der Waals surface area contributed by atoms with E-state index in [2.05, 4.69) is 4.72 Å². The summed E-state index contributed by atoms with van der Waals surface area (Å²) in [5.41, 5.74) is 2.22. The van der Waals surface area contributed by atoms with Crippen molar-refractivity contribution >= 4 is 21.8 Å². The van der Waals surface area contributed by atoms with Crippen LogP contribution in [0.2, 0.25) is 0 Å². The molecule has 1 atom stereocenters.